The molecule has 0 radical (unpaired) electrons. The van der Waals surface area contributed by atoms with Crippen LogP contribution >= 0.6 is 11.6 Å². The fraction of sp³-hybridized carbons (Fsp3) is 0.176. The predicted octanol–water partition coefficient (Wildman–Crippen LogP) is 2.81. The molecule has 1 atom stereocenters. The number of aliphatic imine (C=N–C) groups is 1. The third kappa shape index (κ3) is 5.30. The van der Waals surface area contributed by atoms with Crippen LogP contribution in [0.15, 0.2) is 35.5 Å². The molecule has 6 N–H and O–H groups in total. The van der Waals surface area contributed by atoms with Crippen molar-refractivity contribution in [2.45, 2.75) is 13.0 Å². The van der Waals surface area contributed by atoms with Crippen molar-refractivity contribution < 1.29 is 18.7 Å². The smallest absolute Gasteiger partial charge is 0.435 e. The number of hydrogen-bond donors (Lipinski definition) is 4. The Hall–Kier alpha value is -3.40. The SMILES string of the molecule is COC(=O)/N=C(/N)c1cnc(NC(=O)N[C@H](C)c2ccc(Cl)c(F)c2)cc1N. The molecule has 0 unspecified atom stereocenters. The second-order valence-corrected chi connectivity index (χ2v) is 6.02. The van der Waals surface area contributed by atoms with Gasteiger partial charge in [0.25, 0.3) is 0 Å². The van der Waals surface area contributed by atoms with Gasteiger partial charge in [-0.25, -0.2) is 19.0 Å². The number of nitrogens with zero attached hydrogens (tertiary/aromatic N) is 2. The number of aromatic nitrogens is 1. The van der Waals surface area contributed by atoms with Crippen molar-refractivity contribution in [2.75, 3.05) is 18.2 Å². The zero-order valence-corrected chi connectivity index (χ0v) is 15.7. The molecule has 0 bridgehead atoms. The van der Waals surface area contributed by atoms with E-state index in [1.54, 1.807) is 13.0 Å². The molecule has 0 spiro atoms. The third-order valence-electron chi connectivity index (χ3n) is 3.63. The summed E-state index contributed by atoms with van der Waals surface area (Å²) in [4.78, 5) is 30.7. The molecular formula is C17H18ClFN6O3. The molecule has 28 heavy (non-hydrogen) atoms. The van der Waals surface area contributed by atoms with Crippen molar-refractivity contribution in [2.24, 2.45) is 10.7 Å². The van der Waals surface area contributed by atoms with Gasteiger partial charge < -0.3 is 21.5 Å². The van der Waals surface area contributed by atoms with E-state index >= 15 is 0 Å². The third-order valence-corrected chi connectivity index (χ3v) is 3.94. The highest BCUT2D eigenvalue weighted by atomic mass is 35.5. The predicted molar refractivity (Wildman–Crippen MR) is 104 cm³/mol. The van der Waals surface area contributed by atoms with Gasteiger partial charge in [0.05, 0.1) is 23.7 Å². The summed E-state index contributed by atoms with van der Waals surface area (Å²) in [6.07, 6.45) is 0.371. The topological polar surface area (TPSA) is 145 Å². The van der Waals surface area contributed by atoms with Crippen molar-refractivity contribution >= 4 is 41.1 Å². The molecule has 0 saturated carbocycles. The van der Waals surface area contributed by atoms with E-state index in [0.717, 1.165) is 7.11 Å². The number of nitrogens with one attached hydrogen (secondary N) is 2. The van der Waals surface area contributed by atoms with Crippen molar-refractivity contribution in [3.63, 3.8) is 0 Å². The van der Waals surface area contributed by atoms with Gasteiger partial charge in [0, 0.05) is 18.0 Å². The number of methoxy groups -OCH3 is 1. The molecule has 1 aromatic heterocycles. The van der Waals surface area contributed by atoms with E-state index in [-0.39, 0.29) is 27.9 Å². The molecule has 2 rings (SSSR count). The van der Waals surface area contributed by atoms with E-state index in [9.17, 15) is 14.0 Å². The van der Waals surface area contributed by atoms with Crippen LogP contribution in [0, 0.1) is 5.82 Å². The molecule has 0 fully saturated rings. The second kappa shape index (κ2) is 9.00. The number of nitrogen functional groups attached to an aromatic ring is 1. The lowest BCUT2D eigenvalue weighted by atomic mass is 10.1. The highest BCUT2D eigenvalue weighted by Gasteiger charge is 2.14. The fourth-order valence-electron chi connectivity index (χ4n) is 2.17. The zero-order valence-electron chi connectivity index (χ0n) is 15.0. The molecule has 9 nitrogen and oxygen atoms in total. The van der Waals surface area contributed by atoms with Crippen molar-refractivity contribution in [3.05, 3.63) is 52.4 Å². The first-order valence-corrected chi connectivity index (χ1v) is 8.29. The lowest BCUT2D eigenvalue weighted by molar-refractivity contribution is 0.182. The minimum absolute atomic E-state index is 0.00446. The van der Waals surface area contributed by atoms with Gasteiger partial charge in [-0.05, 0) is 24.6 Å². The first-order chi connectivity index (χ1) is 13.2. The number of amides is 3. The highest BCUT2D eigenvalue weighted by Crippen LogP contribution is 2.20. The lowest BCUT2D eigenvalue weighted by Gasteiger charge is -2.15. The molecule has 0 aliphatic carbocycles. The molecule has 1 heterocycles. The summed E-state index contributed by atoms with van der Waals surface area (Å²) >= 11 is 5.65. The molecule has 0 aliphatic rings. The molecule has 0 saturated heterocycles. The number of hydrogen-bond acceptors (Lipinski definition) is 5. The van der Waals surface area contributed by atoms with E-state index in [1.807, 2.05) is 0 Å². The standard InChI is InChI=1S/C17H18ClFN6O3/c1-8(9-3-4-11(18)12(19)5-9)23-16(26)24-14-6-13(20)10(7-22-14)15(21)25-17(27)28-2/h3-8H,1-2H3,(H2,21,25,27)(H4,20,22,23,24,26)/t8-/m1/s1. The fourth-order valence-corrected chi connectivity index (χ4v) is 2.29. The van der Waals surface area contributed by atoms with Crippen LogP contribution in [-0.4, -0.2) is 30.1 Å². The van der Waals surface area contributed by atoms with Crippen LogP contribution in [0.3, 0.4) is 0 Å². The van der Waals surface area contributed by atoms with Crippen LogP contribution in [0.1, 0.15) is 24.1 Å². The highest BCUT2D eigenvalue weighted by molar-refractivity contribution is 6.30. The maximum atomic E-state index is 13.5. The van der Waals surface area contributed by atoms with E-state index < -0.39 is 24.0 Å². The number of carbonyl (C=O) groups is 2. The Morgan fingerprint density at radius 3 is 2.68 bits per heavy atom. The minimum atomic E-state index is -0.883. The van der Waals surface area contributed by atoms with Gasteiger partial charge in [-0.3, -0.25) is 5.32 Å². The van der Waals surface area contributed by atoms with Crippen LogP contribution in [0.5, 0.6) is 0 Å². The number of nitrogens with two attached hydrogens (primary N) is 2. The van der Waals surface area contributed by atoms with Gasteiger partial charge in [-0.2, -0.15) is 4.99 Å². The van der Waals surface area contributed by atoms with Crippen LogP contribution in [0.2, 0.25) is 5.02 Å². The minimum Gasteiger partial charge on any atom is -0.451 e. The number of benzene rings is 1. The summed E-state index contributed by atoms with van der Waals surface area (Å²) in [6.45, 7) is 1.68. The number of rotatable bonds is 4. The van der Waals surface area contributed by atoms with Gasteiger partial charge in [0.15, 0.2) is 0 Å². The Labute approximate surface area is 164 Å². The van der Waals surface area contributed by atoms with Crippen LogP contribution in [0.4, 0.5) is 25.5 Å². The summed E-state index contributed by atoms with van der Waals surface area (Å²) in [5, 5.41) is 5.12. The maximum Gasteiger partial charge on any atom is 0.435 e. The summed E-state index contributed by atoms with van der Waals surface area (Å²) in [6, 6.07) is 4.52. The van der Waals surface area contributed by atoms with Gasteiger partial charge in [-0.1, -0.05) is 17.7 Å². The summed E-state index contributed by atoms with van der Waals surface area (Å²) in [5.74, 6) is -0.616. The monoisotopic (exact) mass is 408 g/mol. The second-order valence-electron chi connectivity index (χ2n) is 5.62. The van der Waals surface area contributed by atoms with Crippen LogP contribution < -0.4 is 22.1 Å². The first-order valence-electron chi connectivity index (χ1n) is 7.91. The number of urea groups is 1. The molecule has 148 valence electrons. The van der Waals surface area contributed by atoms with Gasteiger partial charge in [0.1, 0.15) is 17.5 Å². The average Bonchev–Trinajstić information content (AvgIpc) is 2.63. The number of halogens is 2. The number of ether oxygens (including phenoxy) is 1. The molecular weight excluding hydrogens is 391 g/mol. The number of pyridine rings is 1. The Morgan fingerprint density at radius 1 is 1.36 bits per heavy atom. The zero-order chi connectivity index (χ0) is 20.8. The van der Waals surface area contributed by atoms with Gasteiger partial charge in [-0.15, -0.1) is 0 Å². The van der Waals surface area contributed by atoms with Crippen molar-refractivity contribution in [3.8, 4) is 0 Å². The van der Waals surface area contributed by atoms with Crippen molar-refractivity contribution in [1.82, 2.24) is 10.3 Å². The molecule has 3 amide bonds. The Bertz CT molecular complexity index is 937. The largest absolute Gasteiger partial charge is 0.451 e. The Kier molecular flexibility index (Phi) is 6.72. The normalized spacial score (nSPS) is 12.2. The van der Waals surface area contributed by atoms with E-state index in [2.05, 4.69) is 25.3 Å². The van der Waals surface area contributed by atoms with E-state index in [1.165, 1.54) is 24.4 Å². The van der Waals surface area contributed by atoms with E-state index in [0.29, 0.717) is 5.56 Å². The first kappa shape index (κ1) is 20.9. The maximum absolute atomic E-state index is 13.5. The molecule has 11 heteroatoms. The summed E-state index contributed by atoms with van der Waals surface area (Å²) in [5.41, 5.74) is 12.4. The summed E-state index contributed by atoms with van der Waals surface area (Å²) in [7, 11) is 1.16. The lowest BCUT2D eigenvalue weighted by Crippen LogP contribution is -2.31. The van der Waals surface area contributed by atoms with Gasteiger partial charge >= 0.3 is 12.1 Å². The number of amidine groups is 1. The van der Waals surface area contributed by atoms with Crippen LogP contribution in [0.25, 0.3) is 0 Å². The van der Waals surface area contributed by atoms with Crippen molar-refractivity contribution in [1.29, 1.82) is 0 Å². The van der Waals surface area contributed by atoms with E-state index in [4.69, 9.17) is 23.1 Å². The molecule has 2 aromatic rings. The molecule has 1 aromatic carbocycles. The Balaban J connectivity index is 2.05. The quantitative estimate of drug-likeness (QED) is 0.452. The average molecular weight is 409 g/mol. The molecule has 0 aliphatic heterocycles. The van der Waals surface area contributed by atoms with Gasteiger partial charge in [0.2, 0.25) is 0 Å². The number of carbonyl (C=O) groups excluding carboxylic acids is 2. The Morgan fingerprint density at radius 2 is 2.07 bits per heavy atom. The van der Waals surface area contributed by atoms with Crippen LogP contribution in [-0.2, 0) is 4.74 Å². The number of anilines is 2. The summed E-state index contributed by atoms with van der Waals surface area (Å²) < 4.78 is 17.9.